The fraction of sp³-hybridized carbons (Fsp3) is 0.667. The van der Waals surface area contributed by atoms with Gasteiger partial charge in [-0.1, -0.05) is 27.7 Å². The van der Waals surface area contributed by atoms with Crippen LogP contribution in [0.3, 0.4) is 0 Å². The molecule has 1 N–H and O–H groups in total. The summed E-state index contributed by atoms with van der Waals surface area (Å²) in [4.78, 5) is 16.4. The van der Waals surface area contributed by atoms with Crippen molar-refractivity contribution >= 4 is 34.0 Å². The van der Waals surface area contributed by atoms with Crippen LogP contribution in [0.1, 0.15) is 33.4 Å². The van der Waals surface area contributed by atoms with Crippen LogP contribution < -0.4 is 5.32 Å². The summed E-state index contributed by atoms with van der Waals surface area (Å²) >= 11 is 7.09. The average molecular weight is 273 g/mol. The summed E-state index contributed by atoms with van der Waals surface area (Å²) < 4.78 is 0. The molecule has 0 aliphatic heterocycles. The third-order valence-electron chi connectivity index (χ3n) is 4.20. The van der Waals surface area contributed by atoms with Crippen molar-refractivity contribution < 1.29 is 4.79 Å². The number of hydrogen-bond acceptors (Lipinski definition) is 3. The van der Waals surface area contributed by atoms with E-state index in [4.69, 9.17) is 11.6 Å². The first-order chi connectivity index (χ1) is 7.80. The fourth-order valence-corrected chi connectivity index (χ4v) is 3.40. The van der Waals surface area contributed by atoms with Crippen molar-refractivity contribution in [2.24, 2.45) is 16.7 Å². The third kappa shape index (κ3) is 1.97. The van der Waals surface area contributed by atoms with Crippen molar-refractivity contribution in [2.45, 2.75) is 33.6 Å². The minimum Gasteiger partial charge on any atom is -0.302 e. The number of alkyl halides is 1. The molecule has 0 spiro atoms. The zero-order valence-corrected chi connectivity index (χ0v) is 12.1. The number of nitrogens with one attached hydrogen (secondary N) is 1. The number of carbonyl (C=O) groups excluding carboxylic acids is 1. The monoisotopic (exact) mass is 272 g/mol. The van der Waals surface area contributed by atoms with Gasteiger partial charge in [-0.3, -0.25) is 4.79 Å². The van der Waals surface area contributed by atoms with Gasteiger partial charge in [0, 0.05) is 11.3 Å². The summed E-state index contributed by atoms with van der Waals surface area (Å²) in [5, 5.41) is 5.39. The SMILES string of the molecule is CC1(C)C(C(=O)Nc2nc(CCl)cs2)C1(C)C. The number of anilines is 1. The molecule has 0 atom stereocenters. The molecule has 1 fully saturated rings. The Bertz CT molecular complexity index is 439. The second-order valence-electron chi connectivity index (χ2n) is 5.64. The maximum Gasteiger partial charge on any atom is 0.230 e. The van der Waals surface area contributed by atoms with Gasteiger partial charge in [0.05, 0.1) is 11.6 Å². The van der Waals surface area contributed by atoms with Gasteiger partial charge in [0.15, 0.2) is 5.13 Å². The summed E-state index contributed by atoms with van der Waals surface area (Å²) in [6, 6.07) is 0. The quantitative estimate of drug-likeness (QED) is 0.856. The van der Waals surface area contributed by atoms with Crippen molar-refractivity contribution in [2.75, 3.05) is 5.32 Å². The van der Waals surface area contributed by atoms with Crippen molar-refractivity contribution in [3.63, 3.8) is 0 Å². The Morgan fingerprint density at radius 3 is 2.47 bits per heavy atom. The Kier molecular flexibility index (Phi) is 2.99. The predicted molar refractivity (Wildman–Crippen MR) is 71.4 cm³/mol. The lowest BCUT2D eigenvalue weighted by Gasteiger charge is -2.03. The van der Waals surface area contributed by atoms with Crippen molar-refractivity contribution in [3.8, 4) is 0 Å². The molecule has 0 saturated heterocycles. The van der Waals surface area contributed by atoms with Gasteiger partial charge in [-0.15, -0.1) is 22.9 Å². The summed E-state index contributed by atoms with van der Waals surface area (Å²) in [5.41, 5.74) is 0.925. The van der Waals surface area contributed by atoms with E-state index in [1.165, 1.54) is 11.3 Å². The van der Waals surface area contributed by atoms with Gasteiger partial charge in [0.2, 0.25) is 5.91 Å². The smallest absolute Gasteiger partial charge is 0.230 e. The van der Waals surface area contributed by atoms with Gasteiger partial charge in [0.25, 0.3) is 0 Å². The van der Waals surface area contributed by atoms with Crippen LogP contribution in [-0.4, -0.2) is 10.9 Å². The predicted octanol–water partition coefficient (Wildman–Crippen LogP) is 3.50. The number of rotatable bonds is 3. The number of amides is 1. The van der Waals surface area contributed by atoms with Crippen LogP contribution in [0.5, 0.6) is 0 Å². The molecule has 0 unspecified atom stereocenters. The van der Waals surface area contributed by atoms with E-state index in [1.807, 2.05) is 5.38 Å². The van der Waals surface area contributed by atoms with Crippen LogP contribution in [0.4, 0.5) is 5.13 Å². The molecule has 5 heteroatoms. The molecule has 1 saturated carbocycles. The molecule has 1 amide bonds. The third-order valence-corrected chi connectivity index (χ3v) is 5.28. The van der Waals surface area contributed by atoms with E-state index < -0.39 is 0 Å². The van der Waals surface area contributed by atoms with E-state index in [1.54, 1.807) is 0 Å². The Balaban J connectivity index is 2.04. The number of aromatic nitrogens is 1. The van der Waals surface area contributed by atoms with Crippen molar-refractivity contribution in [1.29, 1.82) is 0 Å². The molecule has 3 nitrogen and oxygen atoms in total. The van der Waals surface area contributed by atoms with E-state index in [2.05, 4.69) is 38.0 Å². The Morgan fingerprint density at radius 2 is 2.06 bits per heavy atom. The highest BCUT2D eigenvalue weighted by Crippen LogP contribution is 2.68. The topological polar surface area (TPSA) is 42.0 Å². The molecule has 0 bridgehead atoms. The standard InChI is InChI=1S/C12H17ClN2OS/c1-11(2)8(12(11,3)4)9(16)15-10-14-7(5-13)6-17-10/h6,8H,5H2,1-4H3,(H,14,15,16). The summed E-state index contributed by atoms with van der Waals surface area (Å²) in [6.07, 6.45) is 0. The molecule has 1 aromatic heterocycles. The number of carbonyl (C=O) groups is 1. The highest BCUT2D eigenvalue weighted by molar-refractivity contribution is 7.14. The van der Waals surface area contributed by atoms with Gasteiger partial charge in [-0.2, -0.15) is 0 Å². The maximum absolute atomic E-state index is 12.1. The minimum atomic E-state index is 0.0540. The van der Waals surface area contributed by atoms with Crippen molar-refractivity contribution in [1.82, 2.24) is 4.98 Å². The highest BCUT2D eigenvalue weighted by Gasteiger charge is 2.68. The zero-order valence-electron chi connectivity index (χ0n) is 10.5. The van der Waals surface area contributed by atoms with Crippen LogP contribution >= 0.6 is 22.9 Å². The molecule has 0 radical (unpaired) electrons. The minimum absolute atomic E-state index is 0.0540. The van der Waals surface area contributed by atoms with E-state index in [9.17, 15) is 4.79 Å². The Hall–Kier alpha value is -0.610. The first-order valence-electron chi connectivity index (χ1n) is 5.62. The molecule has 17 heavy (non-hydrogen) atoms. The molecule has 2 rings (SSSR count). The van der Waals surface area contributed by atoms with E-state index >= 15 is 0 Å². The highest BCUT2D eigenvalue weighted by atomic mass is 35.5. The summed E-state index contributed by atoms with van der Waals surface area (Å²) in [6.45, 7) is 8.51. The van der Waals surface area contributed by atoms with Crippen LogP contribution in [0.25, 0.3) is 0 Å². The van der Waals surface area contributed by atoms with Crippen LogP contribution in [0.2, 0.25) is 0 Å². The van der Waals surface area contributed by atoms with Gasteiger partial charge >= 0.3 is 0 Å². The largest absolute Gasteiger partial charge is 0.302 e. The van der Waals surface area contributed by atoms with E-state index in [-0.39, 0.29) is 22.7 Å². The fourth-order valence-electron chi connectivity index (χ4n) is 2.46. The molecular weight excluding hydrogens is 256 g/mol. The molecular formula is C12H17ClN2OS. The average Bonchev–Trinajstić information content (AvgIpc) is 2.57. The maximum atomic E-state index is 12.1. The molecule has 94 valence electrons. The van der Waals surface area contributed by atoms with Gasteiger partial charge in [-0.05, 0) is 10.8 Å². The van der Waals surface area contributed by atoms with Crippen LogP contribution in [0, 0.1) is 16.7 Å². The van der Waals surface area contributed by atoms with Gasteiger partial charge < -0.3 is 5.32 Å². The number of hydrogen-bond donors (Lipinski definition) is 1. The normalized spacial score (nSPS) is 21.2. The summed E-state index contributed by atoms with van der Waals surface area (Å²) in [7, 11) is 0. The van der Waals surface area contributed by atoms with Crippen LogP contribution in [-0.2, 0) is 10.7 Å². The molecule has 0 aromatic carbocycles. The number of thiazole rings is 1. The summed E-state index contributed by atoms with van der Waals surface area (Å²) in [5.74, 6) is 0.501. The van der Waals surface area contributed by atoms with Crippen LogP contribution in [0.15, 0.2) is 5.38 Å². The van der Waals surface area contributed by atoms with E-state index in [0.29, 0.717) is 11.0 Å². The molecule has 1 aliphatic carbocycles. The first-order valence-corrected chi connectivity index (χ1v) is 7.03. The van der Waals surface area contributed by atoms with Gasteiger partial charge in [0.1, 0.15) is 0 Å². The lowest BCUT2D eigenvalue weighted by atomic mass is 10.0. The van der Waals surface area contributed by atoms with Gasteiger partial charge in [-0.25, -0.2) is 4.98 Å². The lowest BCUT2D eigenvalue weighted by Crippen LogP contribution is -2.17. The zero-order chi connectivity index (χ0) is 12.8. The Labute approximate surface area is 111 Å². The van der Waals surface area contributed by atoms with E-state index in [0.717, 1.165) is 5.69 Å². The molecule has 1 aromatic rings. The Morgan fingerprint density at radius 1 is 1.47 bits per heavy atom. The van der Waals surface area contributed by atoms with Crippen molar-refractivity contribution in [3.05, 3.63) is 11.1 Å². The first kappa shape index (κ1) is 12.8. The second-order valence-corrected chi connectivity index (χ2v) is 6.77. The number of halogens is 1. The number of nitrogens with zero attached hydrogens (tertiary/aromatic N) is 1. The molecule has 1 heterocycles. The lowest BCUT2D eigenvalue weighted by molar-refractivity contribution is -0.118. The molecule has 1 aliphatic rings. The second kappa shape index (κ2) is 3.95.